The van der Waals surface area contributed by atoms with Gasteiger partial charge in [-0.2, -0.15) is 0 Å². The minimum atomic E-state index is -0.486. The number of aromatic nitrogens is 1. The molecule has 0 radical (unpaired) electrons. The molecule has 11 aromatic carbocycles. The van der Waals surface area contributed by atoms with Crippen LogP contribution in [0.3, 0.4) is 0 Å². The lowest BCUT2D eigenvalue weighted by atomic mass is 9.70. The first-order valence-electron chi connectivity index (χ1n) is 24.2. The molecule has 0 amide bonds. The van der Waals surface area contributed by atoms with Crippen molar-refractivity contribution in [3.63, 3.8) is 0 Å². The average molecular weight is 891 g/mol. The maximum atomic E-state index is 6.88. The van der Waals surface area contributed by atoms with Crippen molar-refractivity contribution in [2.24, 2.45) is 0 Å². The van der Waals surface area contributed by atoms with Gasteiger partial charge in [0.2, 0.25) is 0 Å². The average Bonchev–Trinajstić information content (AvgIpc) is 4.17. The van der Waals surface area contributed by atoms with Gasteiger partial charge >= 0.3 is 0 Å². The molecule has 13 aromatic rings. The number of hydrogen-bond donors (Lipinski definition) is 0. The molecule has 0 saturated carbocycles. The summed E-state index contributed by atoms with van der Waals surface area (Å²) in [5.41, 5.74) is 22.8. The Morgan fingerprint density at radius 2 is 0.900 bits per heavy atom. The van der Waals surface area contributed by atoms with E-state index in [0.717, 1.165) is 77.6 Å². The standard InChI is InChI=1S/C67H42N2O/c1-3-18-43(19-4-1)44-34-36-46(37-35-44)69-62-42-47(38-39-51(62)53-40-41-54-52-25-11-16-33-63(52)70-66(54)65(53)69)68(60-31-15-10-22-48(60)45-20-5-2-6-21-45)61-32-17-30-59-64(61)55-26-9-14-29-58(55)67(59)56-27-12-7-23-49(56)50-24-8-13-28-57(50)67/h1-42H. The third-order valence-electron chi connectivity index (χ3n) is 15.2. The number of fused-ring (bicyclic) bond motifs is 17. The summed E-state index contributed by atoms with van der Waals surface area (Å²) in [5, 5.41) is 4.52. The van der Waals surface area contributed by atoms with Crippen LogP contribution in [0, 0.1) is 0 Å². The fourth-order valence-corrected chi connectivity index (χ4v) is 12.4. The van der Waals surface area contributed by atoms with E-state index in [9.17, 15) is 0 Å². The highest BCUT2D eigenvalue weighted by atomic mass is 16.3. The lowest BCUT2D eigenvalue weighted by molar-refractivity contribution is 0.671. The van der Waals surface area contributed by atoms with E-state index in [0.29, 0.717) is 0 Å². The smallest absolute Gasteiger partial charge is 0.160 e. The Hall–Kier alpha value is -9.18. The summed E-state index contributed by atoms with van der Waals surface area (Å²) < 4.78 is 9.31. The van der Waals surface area contributed by atoms with E-state index in [1.165, 1.54) is 55.6 Å². The van der Waals surface area contributed by atoms with Crippen molar-refractivity contribution in [2.45, 2.75) is 5.41 Å². The molecule has 3 heteroatoms. The number of para-hydroxylation sites is 2. The van der Waals surface area contributed by atoms with Crippen molar-refractivity contribution in [2.75, 3.05) is 4.90 Å². The van der Waals surface area contributed by atoms with E-state index in [-0.39, 0.29) is 0 Å². The predicted molar refractivity (Wildman–Crippen MR) is 290 cm³/mol. The highest BCUT2D eigenvalue weighted by molar-refractivity contribution is 6.22. The molecule has 3 nitrogen and oxygen atoms in total. The number of furan rings is 1. The van der Waals surface area contributed by atoms with Gasteiger partial charge in [-0.1, -0.05) is 206 Å². The predicted octanol–water partition coefficient (Wildman–Crippen LogP) is 17.8. The number of hydrogen-bond acceptors (Lipinski definition) is 2. The summed E-state index contributed by atoms with van der Waals surface area (Å²) in [6.45, 7) is 0. The Bertz CT molecular complexity index is 4190. The summed E-state index contributed by atoms with van der Waals surface area (Å²) in [6, 6.07) is 93.6. The zero-order chi connectivity index (χ0) is 45.9. The van der Waals surface area contributed by atoms with Gasteiger partial charge in [0.1, 0.15) is 5.58 Å². The minimum Gasteiger partial charge on any atom is -0.454 e. The molecule has 2 aromatic heterocycles. The van der Waals surface area contributed by atoms with Crippen LogP contribution in [0.25, 0.3) is 93.9 Å². The van der Waals surface area contributed by atoms with Gasteiger partial charge in [0, 0.05) is 44.0 Å². The Kier molecular flexibility index (Phi) is 8.28. The molecule has 326 valence electrons. The van der Waals surface area contributed by atoms with Gasteiger partial charge in [0.25, 0.3) is 0 Å². The number of nitrogens with zero attached hydrogens (tertiary/aromatic N) is 2. The second-order valence-electron chi connectivity index (χ2n) is 18.7. The maximum absolute atomic E-state index is 6.88. The highest BCUT2D eigenvalue weighted by Crippen LogP contribution is 2.65. The van der Waals surface area contributed by atoms with E-state index in [2.05, 4.69) is 264 Å². The maximum Gasteiger partial charge on any atom is 0.160 e. The molecule has 0 atom stereocenters. The quantitative estimate of drug-likeness (QED) is 0.166. The Labute approximate surface area is 405 Å². The third kappa shape index (κ3) is 5.34. The van der Waals surface area contributed by atoms with E-state index in [1.807, 2.05) is 0 Å². The van der Waals surface area contributed by atoms with Crippen LogP contribution in [0.1, 0.15) is 22.3 Å². The number of benzene rings is 11. The molecule has 0 fully saturated rings. The molecule has 0 bridgehead atoms. The van der Waals surface area contributed by atoms with Gasteiger partial charge in [-0.05, 0) is 104 Å². The van der Waals surface area contributed by atoms with Crippen LogP contribution < -0.4 is 4.90 Å². The first-order valence-corrected chi connectivity index (χ1v) is 24.2. The van der Waals surface area contributed by atoms with Crippen molar-refractivity contribution in [3.8, 4) is 50.2 Å². The summed E-state index contributed by atoms with van der Waals surface area (Å²) in [5.74, 6) is 0. The van der Waals surface area contributed by atoms with Gasteiger partial charge in [-0.15, -0.1) is 0 Å². The molecule has 0 unspecified atom stereocenters. The van der Waals surface area contributed by atoms with Crippen LogP contribution in [0.5, 0.6) is 0 Å². The molecule has 2 heterocycles. The minimum absolute atomic E-state index is 0.486. The van der Waals surface area contributed by atoms with Crippen LogP contribution in [0.15, 0.2) is 259 Å². The summed E-state index contributed by atoms with van der Waals surface area (Å²) in [4.78, 5) is 2.53. The molecule has 2 aliphatic carbocycles. The second kappa shape index (κ2) is 14.9. The first-order chi connectivity index (χ1) is 34.8. The summed E-state index contributed by atoms with van der Waals surface area (Å²) in [6.07, 6.45) is 0. The zero-order valence-electron chi connectivity index (χ0n) is 38.1. The Morgan fingerprint density at radius 1 is 0.357 bits per heavy atom. The van der Waals surface area contributed by atoms with Gasteiger partial charge in [-0.25, -0.2) is 0 Å². The van der Waals surface area contributed by atoms with E-state index in [1.54, 1.807) is 0 Å². The Balaban J connectivity index is 1.04. The van der Waals surface area contributed by atoms with Gasteiger partial charge in [-0.3, -0.25) is 0 Å². The molecular weight excluding hydrogens is 849 g/mol. The fraction of sp³-hybridized carbons (Fsp3) is 0.0149. The van der Waals surface area contributed by atoms with Gasteiger partial charge < -0.3 is 13.9 Å². The van der Waals surface area contributed by atoms with Crippen LogP contribution in [0.2, 0.25) is 0 Å². The number of rotatable bonds is 6. The molecular formula is C67H42N2O. The normalized spacial score (nSPS) is 13.0. The molecule has 1 spiro atoms. The summed E-state index contributed by atoms with van der Waals surface area (Å²) in [7, 11) is 0. The van der Waals surface area contributed by atoms with E-state index < -0.39 is 5.41 Å². The van der Waals surface area contributed by atoms with Crippen LogP contribution >= 0.6 is 0 Å². The van der Waals surface area contributed by atoms with Gasteiger partial charge in [0.15, 0.2) is 5.58 Å². The largest absolute Gasteiger partial charge is 0.454 e. The molecule has 15 rings (SSSR count). The molecule has 0 saturated heterocycles. The van der Waals surface area contributed by atoms with Crippen LogP contribution in [-0.4, -0.2) is 4.57 Å². The summed E-state index contributed by atoms with van der Waals surface area (Å²) >= 11 is 0. The monoisotopic (exact) mass is 890 g/mol. The van der Waals surface area contributed by atoms with Crippen molar-refractivity contribution in [1.29, 1.82) is 0 Å². The molecule has 0 aliphatic heterocycles. The first kappa shape index (κ1) is 38.9. The van der Waals surface area contributed by atoms with Crippen molar-refractivity contribution < 1.29 is 4.42 Å². The van der Waals surface area contributed by atoms with Crippen LogP contribution in [0.4, 0.5) is 17.1 Å². The topological polar surface area (TPSA) is 21.3 Å². The van der Waals surface area contributed by atoms with E-state index in [4.69, 9.17) is 4.42 Å². The van der Waals surface area contributed by atoms with Crippen LogP contribution in [-0.2, 0) is 5.41 Å². The zero-order valence-corrected chi connectivity index (χ0v) is 38.1. The lowest BCUT2D eigenvalue weighted by Crippen LogP contribution is -2.26. The Morgan fingerprint density at radius 3 is 1.64 bits per heavy atom. The number of anilines is 3. The SMILES string of the molecule is c1ccc(-c2ccc(-n3c4cc(N(c5ccccc5-c5ccccc5)c5cccc6c5-c5ccccc5C65c6ccccc6-c6ccccc65)ccc4c4ccc5c6ccccc6oc5c43)cc2)cc1. The molecule has 2 aliphatic rings. The van der Waals surface area contributed by atoms with Gasteiger partial charge in [0.05, 0.1) is 27.8 Å². The molecule has 0 N–H and O–H groups in total. The lowest BCUT2D eigenvalue weighted by Gasteiger charge is -2.32. The molecule has 70 heavy (non-hydrogen) atoms. The third-order valence-corrected chi connectivity index (χ3v) is 15.2. The van der Waals surface area contributed by atoms with E-state index >= 15 is 0 Å². The van der Waals surface area contributed by atoms with Crippen molar-refractivity contribution in [1.82, 2.24) is 4.57 Å². The van der Waals surface area contributed by atoms with Crippen molar-refractivity contribution >= 4 is 60.8 Å². The fourth-order valence-electron chi connectivity index (χ4n) is 12.4. The highest BCUT2D eigenvalue weighted by Gasteiger charge is 2.52. The van der Waals surface area contributed by atoms with Crippen molar-refractivity contribution in [3.05, 3.63) is 277 Å². The second-order valence-corrected chi connectivity index (χ2v) is 18.7.